The van der Waals surface area contributed by atoms with Crippen LogP contribution >= 0.6 is 0 Å². The fraction of sp³-hybridized carbons (Fsp3) is 0.800. The number of rotatable bonds is 9. The van der Waals surface area contributed by atoms with Gasteiger partial charge in [-0.1, -0.05) is 13.3 Å². The maximum atomic E-state index is 4.39. The highest BCUT2D eigenvalue weighted by Crippen LogP contribution is 2.08. The number of imidazole rings is 1. The van der Waals surface area contributed by atoms with Crippen molar-refractivity contribution in [3.8, 4) is 0 Å². The normalized spacial score (nSPS) is 11.8. The van der Waals surface area contributed by atoms with E-state index in [1.165, 1.54) is 12.8 Å². The highest BCUT2D eigenvalue weighted by atomic mass is 15.2. The minimum Gasteiger partial charge on any atom is -0.354 e. The second-order valence-electron chi connectivity index (χ2n) is 5.65. The Morgan fingerprint density at radius 2 is 1.95 bits per heavy atom. The number of nitrogens with one attached hydrogen (secondary N) is 1. The van der Waals surface area contributed by atoms with Crippen LogP contribution in [0, 0.1) is 0 Å². The number of aryl methyl sites for hydroxylation is 1. The van der Waals surface area contributed by atoms with Crippen molar-refractivity contribution in [1.82, 2.24) is 14.5 Å². The van der Waals surface area contributed by atoms with E-state index in [9.17, 15) is 0 Å². The molecule has 0 bridgehead atoms. The summed E-state index contributed by atoms with van der Waals surface area (Å²) >= 11 is 0. The molecule has 1 rings (SSSR count). The average molecular weight is 266 g/mol. The lowest BCUT2D eigenvalue weighted by atomic mass is 10.2. The molecule has 1 aromatic heterocycles. The molecule has 1 heterocycles. The van der Waals surface area contributed by atoms with Crippen molar-refractivity contribution in [2.24, 2.45) is 0 Å². The third-order valence-corrected chi connectivity index (χ3v) is 3.45. The van der Waals surface area contributed by atoms with Crippen LogP contribution in [0.3, 0.4) is 0 Å². The zero-order valence-corrected chi connectivity index (χ0v) is 13.2. The number of aromatic nitrogens is 2. The number of unbranched alkanes of at least 4 members (excludes halogenated alkanes) is 1. The van der Waals surface area contributed by atoms with Crippen molar-refractivity contribution >= 4 is 5.95 Å². The highest BCUT2D eigenvalue weighted by Gasteiger charge is 2.12. The summed E-state index contributed by atoms with van der Waals surface area (Å²) in [6.45, 7) is 14.3. The van der Waals surface area contributed by atoms with E-state index in [0.717, 1.165) is 25.6 Å². The molecule has 0 aliphatic carbocycles. The van der Waals surface area contributed by atoms with Gasteiger partial charge in [-0.3, -0.25) is 4.90 Å². The van der Waals surface area contributed by atoms with Crippen molar-refractivity contribution in [3.05, 3.63) is 12.4 Å². The SMILES string of the molecule is CCCCn1ccnc1NCCN(C(C)C)C(C)C. The van der Waals surface area contributed by atoms with E-state index >= 15 is 0 Å². The van der Waals surface area contributed by atoms with Crippen molar-refractivity contribution < 1.29 is 0 Å². The highest BCUT2D eigenvalue weighted by molar-refractivity contribution is 5.25. The molecule has 0 fully saturated rings. The summed E-state index contributed by atoms with van der Waals surface area (Å²) in [7, 11) is 0. The predicted octanol–water partition coefficient (Wildman–Crippen LogP) is 3.21. The molecular weight excluding hydrogens is 236 g/mol. The van der Waals surface area contributed by atoms with Gasteiger partial charge in [0.2, 0.25) is 5.95 Å². The van der Waals surface area contributed by atoms with Crippen LogP contribution in [-0.2, 0) is 6.54 Å². The molecule has 0 radical (unpaired) electrons. The van der Waals surface area contributed by atoms with Gasteiger partial charge in [0.1, 0.15) is 0 Å². The van der Waals surface area contributed by atoms with Crippen LogP contribution in [0.4, 0.5) is 5.95 Å². The molecule has 0 saturated heterocycles. The smallest absolute Gasteiger partial charge is 0.202 e. The Bertz CT molecular complexity index is 336. The van der Waals surface area contributed by atoms with Gasteiger partial charge in [0.15, 0.2) is 0 Å². The molecule has 0 aliphatic heterocycles. The van der Waals surface area contributed by atoms with Gasteiger partial charge in [0, 0.05) is 44.1 Å². The Hall–Kier alpha value is -1.03. The van der Waals surface area contributed by atoms with E-state index in [4.69, 9.17) is 0 Å². The van der Waals surface area contributed by atoms with Crippen molar-refractivity contribution in [1.29, 1.82) is 0 Å². The van der Waals surface area contributed by atoms with Gasteiger partial charge in [-0.2, -0.15) is 0 Å². The number of nitrogens with zero attached hydrogens (tertiary/aromatic N) is 3. The first kappa shape index (κ1) is 16.0. The van der Waals surface area contributed by atoms with Gasteiger partial charge in [0.25, 0.3) is 0 Å². The molecule has 0 aromatic carbocycles. The molecule has 19 heavy (non-hydrogen) atoms. The van der Waals surface area contributed by atoms with Crippen LogP contribution in [0.2, 0.25) is 0 Å². The number of hydrogen-bond donors (Lipinski definition) is 1. The zero-order chi connectivity index (χ0) is 14.3. The first-order chi connectivity index (χ1) is 9.06. The van der Waals surface area contributed by atoms with E-state index in [1.807, 2.05) is 6.20 Å². The summed E-state index contributed by atoms with van der Waals surface area (Å²) in [6.07, 6.45) is 6.35. The van der Waals surface area contributed by atoms with Crippen LogP contribution < -0.4 is 5.32 Å². The lowest BCUT2D eigenvalue weighted by Crippen LogP contribution is -2.40. The van der Waals surface area contributed by atoms with Crippen LogP contribution in [-0.4, -0.2) is 39.6 Å². The lowest BCUT2D eigenvalue weighted by molar-refractivity contribution is 0.182. The molecule has 0 atom stereocenters. The quantitative estimate of drug-likeness (QED) is 0.745. The molecule has 0 unspecified atom stereocenters. The van der Waals surface area contributed by atoms with Gasteiger partial charge in [-0.25, -0.2) is 4.98 Å². The fourth-order valence-electron chi connectivity index (χ4n) is 2.39. The van der Waals surface area contributed by atoms with Crippen molar-refractivity contribution in [2.45, 2.75) is 66.1 Å². The van der Waals surface area contributed by atoms with Crippen LogP contribution in [0.1, 0.15) is 47.5 Å². The van der Waals surface area contributed by atoms with Crippen molar-refractivity contribution in [3.63, 3.8) is 0 Å². The summed E-state index contributed by atoms with van der Waals surface area (Å²) in [5, 5.41) is 3.45. The molecular formula is C15H30N4. The fourth-order valence-corrected chi connectivity index (χ4v) is 2.39. The maximum Gasteiger partial charge on any atom is 0.202 e. The molecule has 0 aliphatic rings. The molecule has 1 N–H and O–H groups in total. The third-order valence-electron chi connectivity index (χ3n) is 3.45. The van der Waals surface area contributed by atoms with E-state index in [1.54, 1.807) is 0 Å². The summed E-state index contributed by atoms with van der Waals surface area (Å²) in [6, 6.07) is 1.17. The van der Waals surface area contributed by atoms with E-state index in [0.29, 0.717) is 12.1 Å². The number of hydrogen-bond acceptors (Lipinski definition) is 3. The molecule has 4 heteroatoms. The van der Waals surface area contributed by atoms with E-state index in [2.05, 4.69) is 60.6 Å². The monoisotopic (exact) mass is 266 g/mol. The topological polar surface area (TPSA) is 33.1 Å². The van der Waals surface area contributed by atoms with Gasteiger partial charge >= 0.3 is 0 Å². The average Bonchev–Trinajstić information content (AvgIpc) is 2.78. The van der Waals surface area contributed by atoms with Crippen LogP contribution in [0.5, 0.6) is 0 Å². The van der Waals surface area contributed by atoms with Crippen LogP contribution in [0.25, 0.3) is 0 Å². The van der Waals surface area contributed by atoms with Gasteiger partial charge in [0.05, 0.1) is 0 Å². The summed E-state index contributed by atoms with van der Waals surface area (Å²) in [5.74, 6) is 1.00. The van der Waals surface area contributed by atoms with Gasteiger partial charge < -0.3 is 9.88 Å². The van der Waals surface area contributed by atoms with Crippen molar-refractivity contribution in [2.75, 3.05) is 18.4 Å². The van der Waals surface area contributed by atoms with E-state index in [-0.39, 0.29) is 0 Å². The van der Waals surface area contributed by atoms with Gasteiger partial charge in [-0.15, -0.1) is 0 Å². The zero-order valence-electron chi connectivity index (χ0n) is 13.2. The lowest BCUT2D eigenvalue weighted by Gasteiger charge is -2.30. The Morgan fingerprint density at radius 3 is 2.53 bits per heavy atom. The Kier molecular flexibility index (Phi) is 6.92. The summed E-state index contributed by atoms with van der Waals surface area (Å²) in [4.78, 5) is 6.88. The number of anilines is 1. The summed E-state index contributed by atoms with van der Waals surface area (Å²) in [5.41, 5.74) is 0. The molecule has 1 aromatic rings. The standard InChI is InChI=1S/C15H30N4/c1-6-7-10-18-11-8-16-15(18)17-9-12-19(13(2)3)14(4)5/h8,11,13-14H,6-7,9-10,12H2,1-5H3,(H,16,17). The minimum absolute atomic E-state index is 0.585. The molecule has 0 saturated carbocycles. The predicted molar refractivity (Wildman–Crippen MR) is 82.6 cm³/mol. The largest absolute Gasteiger partial charge is 0.354 e. The molecule has 110 valence electrons. The Balaban J connectivity index is 2.42. The Morgan fingerprint density at radius 1 is 1.26 bits per heavy atom. The third kappa shape index (κ3) is 5.23. The Labute approximate surface area is 118 Å². The first-order valence-electron chi connectivity index (χ1n) is 7.57. The first-order valence-corrected chi connectivity index (χ1v) is 7.57. The van der Waals surface area contributed by atoms with Gasteiger partial charge in [-0.05, 0) is 34.1 Å². The van der Waals surface area contributed by atoms with E-state index < -0.39 is 0 Å². The summed E-state index contributed by atoms with van der Waals surface area (Å²) < 4.78 is 2.21. The maximum absolute atomic E-state index is 4.39. The minimum atomic E-state index is 0.585. The molecule has 0 spiro atoms. The second-order valence-corrected chi connectivity index (χ2v) is 5.65. The molecule has 4 nitrogen and oxygen atoms in total. The molecule has 0 amide bonds. The van der Waals surface area contributed by atoms with Crippen LogP contribution in [0.15, 0.2) is 12.4 Å². The second kappa shape index (κ2) is 8.20.